The molecular weight excluding hydrogens is 184 g/mol. The van der Waals surface area contributed by atoms with Crippen molar-refractivity contribution in [2.75, 3.05) is 0 Å². The van der Waals surface area contributed by atoms with Gasteiger partial charge in [-0.1, -0.05) is 24.6 Å². The molecule has 0 spiro atoms. The highest BCUT2D eigenvalue weighted by Gasteiger charge is 2.19. The van der Waals surface area contributed by atoms with E-state index in [-0.39, 0.29) is 5.57 Å². The fourth-order valence-corrected chi connectivity index (χ4v) is 1.93. The Labute approximate surface area is 90.8 Å². The van der Waals surface area contributed by atoms with E-state index in [0.29, 0.717) is 0 Å². The smallest absolute Gasteiger partial charge is 0.133 e. The van der Waals surface area contributed by atoms with Crippen molar-refractivity contribution in [3.63, 3.8) is 0 Å². The monoisotopic (exact) mass is 198 g/mol. The van der Waals surface area contributed by atoms with E-state index in [0.717, 1.165) is 30.4 Å². The van der Waals surface area contributed by atoms with E-state index in [1.807, 2.05) is 31.2 Å². The fourth-order valence-electron chi connectivity index (χ4n) is 1.93. The van der Waals surface area contributed by atoms with Gasteiger partial charge in [0.2, 0.25) is 0 Å². The summed E-state index contributed by atoms with van der Waals surface area (Å²) in [7, 11) is 0. The molecule has 0 saturated carbocycles. The molecule has 0 bridgehead atoms. The molecule has 0 atom stereocenters. The topological polar surface area (TPSA) is 47.6 Å². The minimum Gasteiger partial charge on any atom is -0.192 e. The van der Waals surface area contributed by atoms with Gasteiger partial charge >= 0.3 is 0 Å². The quantitative estimate of drug-likeness (QED) is 0.638. The maximum Gasteiger partial charge on any atom is 0.133 e. The van der Waals surface area contributed by atoms with Crippen LogP contribution in [0.25, 0.3) is 0 Å². The van der Waals surface area contributed by atoms with Crippen molar-refractivity contribution in [3.05, 3.63) is 34.4 Å². The van der Waals surface area contributed by atoms with Gasteiger partial charge in [-0.3, -0.25) is 0 Å². The van der Waals surface area contributed by atoms with Crippen LogP contribution < -0.4 is 0 Å². The SMILES string of the molecule is CC=CC1=C(CC)CCC1=C(C#N)C#N. The van der Waals surface area contributed by atoms with Gasteiger partial charge in [-0.15, -0.1) is 0 Å². The summed E-state index contributed by atoms with van der Waals surface area (Å²) < 4.78 is 0. The Hall–Kier alpha value is -1.80. The van der Waals surface area contributed by atoms with Crippen LogP contribution in [0.2, 0.25) is 0 Å². The van der Waals surface area contributed by atoms with E-state index in [1.54, 1.807) is 0 Å². The molecule has 2 nitrogen and oxygen atoms in total. The molecule has 0 aromatic carbocycles. The number of rotatable bonds is 2. The van der Waals surface area contributed by atoms with E-state index in [2.05, 4.69) is 6.92 Å². The Bertz CT molecular complexity index is 406. The Morgan fingerprint density at radius 2 is 2.00 bits per heavy atom. The third kappa shape index (κ3) is 2.17. The summed E-state index contributed by atoms with van der Waals surface area (Å²) in [6.07, 6.45) is 6.78. The minimum atomic E-state index is 0.270. The zero-order valence-electron chi connectivity index (χ0n) is 9.17. The van der Waals surface area contributed by atoms with Gasteiger partial charge in [0.15, 0.2) is 0 Å². The summed E-state index contributed by atoms with van der Waals surface area (Å²) >= 11 is 0. The lowest BCUT2D eigenvalue weighted by atomic mass is 10.0. The van der Waals surface area contributed by atoms with Crippen LogP contribution >= 0.6 is 0 Å². The van der Waals surface area contributed by atoms with Crippen LogP contribution in [0.15, 0.2) is 34.4 Å². The van der Waals surface area contributed by atoms with Crippen molar-refractivity contribution in [2.45, 2.75) is 33.1 Å². The number of nitrogens with zero attached hydrogens (tertiary/aromatic N) is 2. The second-order valence-electron chi connectivity index (χ2n) is 3.45. The number of hydrogen-bond donors (Lipinski definition) is 0. The molecule has 15 heavy (non-hydrogen) atoms. The first-order valence-corrected chi connectivity index (χ1v) is 5.16. The van der Waals surface area contributed by atoms with Gasteiger partial charge in [0.05, 0.1) is 0 Å². The Morgan fingerprint density at radius 1 is 1.33 bits per heavy atom. The Morgan fingerprint density at radius 3 is 2.47 bits per heavy atom. The molecule has 0 aromatic heterocycles. The lowest BCUT2D eigenvalue weighted by Gasteiger charge is -2.01. The van der Waals surface area contributed by atoms with Gasteiger partial charge in [0, 0.05) is 0 Å². The number of hydrogen-bond acceptors (Lipinski definition) is 2. The molecule has 0 fully saturated rings. The van der Waals surface area contributed by atoms with Crippen LogP contribution in [0.5, 0.6) is 0 Å². The van der Waals surface area contributed by atoms with E-state index in [4.69, 9.17) is 10.5 Å². The highest BCUT2D eigenvalue weighted by molar-refractivity contribution is 5.57. The molecule has 1 aliphatic carbocycles. The van der Waals surface area contributed by atoms with Gasteiger partial charge in [-0.25, -0.2) is 0 Å². The van der Waals surface area contributed by atoms with E-state index in [1.165, 1.54) is 5.57 Å². The predicted molar refractivity (Wildman–Crippen MR) is 59.6 cm³/mol. The van der Waals surface area contributed by atoms with Gasteiger partial charge in [-0.05, 0) is 37.3 Å². The largest absolute Gasteiger partial charge is 0.192 e. The standard InChI is InChI=1S/C13H14N2/c1-3-5-12-10(4-2)6-7-13(12)11(8-14)9-15/h3,5H,4,6-7H2,1-2H3. The molecule has 0 N–H and O–H groups in total. The molecule has 0 heterocycles. The second kappa shape index (κ2) is 5.17. The molecule has 1 aliphatic rings. The zero-order chi connectivity index (χ0) is 11.3. The van der Waals surface area contributed by atoms with Crippen molar-refractivity contribution in [2.24, 2.45) is 0 Å². The van der Waals surface area contributed by atoms with Crippen LogP contribution in [0.1, 0.15) is 33.1 Å². The van der Waals surface area contributed by atoms with Crippen LogP contribution in [-0.2, 0) is 0 Å². The third-order valence-corrected chi connectivity index (χ3v) is 2.67. The number of allylic oxidation sites excluding steroid dienone is 6. The first kappa shape index (κ1) is 11.3. The molecule has 76 valence electrons. The summed E-state index contributed by atoms with van der Waals surface area (Å²) in [5.41, 5.74) is 3.66. The minimum absolute atomic E-state index is 0.270. The average Bonchev–Trinajstić information content (AvgIpc) is 2.64. The average molecular weight is 198 g/mol. The Balaban J connectivity index is 3.28. The maximum absolute atomic E-state index is 8.85. The first-order valence-electron chi connectivity index (χ1n) is 5.16. The van der Waals surface area contributed by atoms with E-state index in [9.17, 15) is 0 Å². The maximum atomic E-state index is 8.85. The highest BCUT2D eigenvalue weighted by atomic mass is 14.3. The molecule has 0 amide bonds. The predicted octanol–water partition coefficient (Wildman–Crippen LogP) is 3.41. The lowest BCUT2D eigenvalue weighted by Crippen LogP contribution is -1.87. The zero-order valence-corrected chi connectivity index (χ0v) is 9.17. The second-order valence-corrected chi connectivity index (χ2v) is 3.45. The summed E-state index contributed by atoms with van der Waals surface area (Å²) in [4.78, 5) is 0. The summed E-state index contributed by atoms with van der Waals surface area (Å²) in [5.74, 6) is 0. The van der Waals surface area contributed by atoms with Crippen LogP contribution in [-0.4, -0.2) is 0 Å². The lowest BCUT2D eigenvalue weighted by molar-refractivity contribution is 0.940. The van der Waals surface area contributed by atoms with E-state index < -0.39 is 0 Å². The summed E-state index contributed by atoms with van der Waals surface area (Å²) in [6.45, 7) is 4.06. The van der Waals surface area contributed by atoms with Gasteiger partial charge in [-0.2, -0.15) is 10.5 Å². The molecule has 1 rings (SSSR count). The van der Waals surface area contributed by atoms with Gasteiger partial charge in [0.25, 0.3) is 0 Å². The van der Waals surface area contributed by atoms with Crippen molar-refractivity contribution in [1.29, 1.82) is 10.5 Å². The molecule has 0 saturated heterocycles. The van der Waals surface area contributed by atoms with Crippen molar-refractivity contribution in [1.82, 2.24) is 0 Å². The summed E-state index contributed by atoms with van der Waals surface area (Å²) in [5, 5.41) is 17.7. The van der Waals surface area contributed by atoms with Crippen molar-refractivity contribution >= 4 is 0 Å². The van der Waals surface area contributed by atoms with E-state index >= 15 is 0 Å². The van der Waals surface area contributed by atoms with Crippen molar-refractivity contribution < 1.29 is 0 Å². The summed E-state index contributed by atoms with van der Waals surface area (Å²) in [6, 6.07) is 3.95. The molecular formula is C13H14N2. The van der Waals surface area contributed by atoms with Gasteiger partial charge < -0.3 is 0 Å². The Kier molecular flexibility index (Phi) is 3.89. The van der Waals surface area contributed by atoms with Crippen LogP contribution in [0.4, 0.5) is 0 Å². The molecule has 0 aliphatic heterocycles. The normalized spacial score (nSPS) is 15.6. The van der Waals surface area contributed by atoms with Gasteiger partial charge in [0.1, 0.15) is 17.7 Å². The number of nitriles is 2. The molecule has 2 heteroatoms. The van der Waals surface area contributed by atoms with Crippen molar-refractivity contribution in [3.8, 4) is 12.1 Å². The highest BCUT2D eigenvalue weighted by Crippen LogP contribution is 2.35. The third-order valence-electron chi connectivity index (χ3n) is 2.67. The molecule has 0 radical (unpaired) electrons. The van der Waals surface area contributed by atoms with Crippen LogP contribution in [0, 0.1) is 22.7 Å². The fraction of sp³-hybridized carbons (Fsp3) is 0.385. The molecule has 0 unspecified atom stereocenters. The van der Waals surface area contributed by atoms with Crippen LogP contribution in [0.3, 0.4) is 0 Å². The molecule has 0 aromatic rings. The first-order chi connectivity index (χ1) is 7.28.